The summed E-state index contributed by atoms with van der Waals surface area (Å²) in [7, 11) is 1.43. The first-order chi connectivity index (χ1) is 8.04. The summed E-state index contributed by atoms with van der Waals surface area (Å²) in [6, 6.07) is 4.99. The fraction of sp³-hybridized carbons (Fsp3) is 0.417. The third-order valence-electron chi connectivity index (χ3n) is 2.43. The number of rotatable bonds is 6. The first-order valence-electron chi connectivity index (χ1n) is 5.28. The van der Waals surface area contributed by atoms with Crippen LogP contribution in [0.2, 0.25) is 0 Å². The van der Waals surface area contributed by atoms with Gasteiger partial charge in [0.2, 0.25) is 0 Å². The Hall–Kier alpha value is -1.46. The van der Waals surface area contributed by atoms with E-state index in [0.717, 1.165) is 0 Å². The third kappa shape index (κ3) is 4.13. The number of carboxylic acid groups (broad SMARTS) is 1. The van der Waals surface area contributed by atoms with Crippen molar-refractivity contribution in [2.45, 2.75) is 19.0 Å². The van der Waals surface area contributed by atoms with Crippen LogP contribution >= 0.6 is 0 Å². The van der Waals surface area contributed by atoms with Crippen LogP contribution < -0.4 is 5.32 Å². The second-order valence-electron chi connectivity index (χ2n) is 3.79. The average Bonchev–Trinajstić information content (AvgIpc) is 2.28. The van der Waals surface area contributed by atoms with Crippen molar-refractivity contribution in [1.29, 1.82) is 0 Å². The van der Waals surface area contributed by atoms with Gasteiger partial charge in [0.25, 0.3) is 0 Å². The van der Waals surface area contributed by atoms with Crippen LogP contribution in [-0.4, -0.2) is 30.8 Å². The number of benzene rings is 1. The summed E-state index contributed by atoms with van der Waals surface area (Å²) in [6.45, 7) is 1.84. The van der Waals surface area contributed by atoms with Crippen LogP contribution in [0.25, 0.3) is 0 Å². The highest BCUT2D eigenvalue weighted by Gasteiger charge is 2.20. The zero-order valence-electron chi connectivity index (χ0n) is 9.81. The van der Waals surface area contributed by atoms with Crippen molar-refractivity contribution in [1.82, 2.24) is 5.32 Å². The van der Waals surface area contributed by atoms with Crippen molar-refractivity contribution >= 4 is 5.97 Å². The zero-order chi connectivity index (χ0) is 12.8. The second-order valence-corrected chi connectivity index (χ2v) is 3.79. The average molecular weight is 241 g/mol. The van der Waals surface area contributed by atoms with Crippen molar-refractivity contribution in [3.8, 4) is 0 Å². The molecule has 0 aliphatic rings. The maximum atomic E-state index is 13.0. The summed E-state index contributed by atoms with van der Waals surface area (Å²) in [5.41, 5.74) is 0.701. The minimum atomic E-state index is -0.991. The summed E-state index contributed by atoms with van der Waals surface area (Å²) in [6.07, 6.45) is 0. The number of nitrogens with one attached hydrogen (secondary N) is 1. The molecule has 0 heterocycles. The number of hydrogen-bond donors (Lipinski definition) is 2. The smallest absolute Gasteiger partial charge is 0.323 e. The molecule has 94 valence electrons. The molecule has 0 amide bonds. The van der Waals surface area contributed by atoms with Gasteiger partial charge in [-0.2, -0.15) is 0 Å². The molecular weight excluding hydrogens is 225 g/mol. The number of aliphatic carboxylic acids is 1. The van der Waals surface area contributed by atoms with Crippen LogP contribution in [0.3, 0.4) is 0 Å². The number of ether oxygens (including phenoxy) is 1. The van der Waals surface area contributed by atoms with E-state index in [4.69, 9.17) is 9.84 Å². The van der Waals surface area contributed by atoms with Crippen LogP contribution in [0.4, 0.5) is 4.39 Å². The molecule has 2 unspecified atom stereocenters. The highest BCUT2D eigenvalue weighted by Crippen LogP contribution is 2.14. The van der Waals surface area contributed by atoms with Gasteiger partial charge in [0.15, 0.2) is 0 Å². The fourth-order valence-electron chi connectivity index (χ4n) is 1.53. The Morgan fingerprint density at radius 2 is 2.29 bits per heavy atom. The van der Waals surface area contributed by atoms with Gasteiger partial charge in [0.1, 0.15) is 11.9 Å². The highest BCUT2D eigenvalue weighted by molar-refractivity contribution is 5.73. The fourth-order valence-corrected chi connectivity index (χ4v) is 1.53. The van der Waals surface area contributed by atoms with E-state index in [1.165, 1.54) is 19.2 Å². The van der Waals surface area contributed by atoms with Gasteiger partial charge in [-0.15, -0.1) is 0 Å². The van der Waals surface area contributed by atoms with Gasteiger partial charge in [0, 0.05) is 13.2 Å². The van der Waals surface area contributed by atoms with E-state index in [9.17, 15) is 9.18 Å². The molecule has 0 bridgehead atoms. The summed E-state index contributed by atoms with van der Waals surface area (Å²) >= 11 is 0. The highest BCUT2D eigenvalue weighted by atomic mass is 19.1. The Balaban J connectivity index is 2.69. The lowest BCUT2D eigenvalue weighted by molar-refractivity contribution is -0.141. The molecule has 0 aliphatic carbocycles. The van der Waals surface area contributed by atoms with Gasteiger partial charge in [-0.25, -0.2) is 4.39 Å². The van der Waals surface area contributed by atoms with E-state index in [1.807, 2.05) is 0 Å². The summed E-state index contributed by atoms with van der Waals surface area (Å²) in [5.74, 6) is -1.33. The Morgan fingerprint density at radius 3 is 2.82 bits per heavy atom. The molecule has 0 radical (unpaired) electrons. The van der Waals surface area contributed by atoms with Crippen LogP contribution in [0.15, 0.2) is 24.3 Å². The normalized spacial score (nSPS) is 14.3. The molecule has 1 rings (SSSR count). The van der Waals surface area contributed by atoms with Crippen LogP contribution in [0.1, 0.15) is 18.5 Å². The number of halogens is 1. The Labute approximate surface area is 99.4 Å². The van der Waals surface area contributed by atoms with E-state index in [-0.39, 0.29) is 18.5 Å². The third-order valence-corrected chi connectivity index (χ3v) is 2.43. The van der Waals surface area contributed by atoms with E-state index in [1.54, 1.807) is 19.1 Å². The monoisotopic (exact) mass is 241 g/mol. The molecule has 0 fully saturated rings. The lowest BCUT2D eigenvalue weighted by Crippen LogP contribution is -2.41. The van der Waals surface area contributed by atoms with Crippen LogP contribution in [0.5, 0.6) is 0 Å². The van der Waals surface area contributed by atoms with Gasteiger partial charge in [-0.3, -0.25) is 10.1 Å². The van der Waals surface area contributed by atoms with Gasteiger partial charge >= 0.3 is 5.97 Å². The van der Waals surface area contributed by atoms with Crippen molar-refractivity contribution in [2.75, 3.05) is 13.7 Å². The molecule has 0 spiro atoms. The summed E-state index contributed by atoms with van der Waals surface area (Å²) in [4.78, 5) is 10.9. The molecule has 0 aliphatic heterocycles. The van der Waals surface area contributed by atoms with E-state index in [0.29, 0.717) is 5.56 Å². The van der Waals surface area contributed by atoms with Gasteiger partial charge < -0.3 is 9.84 Å². The summed E-state index contributed by atoms with van der Waals surface area (Å²) < 4.78 is 17.8. The maximum absolute atomic E-state index is 13.0. The molecule has 2 atom stereocenters. The lowest BCUT2D eigenvalue weighted by atomic mass is 10.1. The predicted octanol–water partition coefficient (Wildman–Crippen LogP) is 1.58. The maximum Gasteiger partial charge on any atom is 0.323 e. The molecule has 17 heavy (non-hydrogen) atoms. The first-order valence-corrected chi connectivity index (χ1v) is 5.28. The van der Waals surface area contributed by atoms with E-state index >= 15 is 0 Å². The largest absolute Gasteiger partial charge is 0.480 e. The topological polar surface area (TPSA) is 58.6 Å². The van der Waals surface area contributed by atoms with Crippen molar-refractivity contribution in [2.24, 2.45) is 0 Å². The van der Waals surface area contributed by atoms with E-state index in [2.05, 4.69) is 5.32 Å². The number of carboxylic acids is 1. The Morgan fingerprint density at radius 1 is 1.59 bits per heavy atom. The number of methoxy groups -OCH3 is 1. The van der Waals surface area contributed by atoms with Gasteiger partial charge in [-0.05, 0) is 24.6 Å². The minimum Gasteiger partial charge on any atom is -0.480 e. The molecule has 2 N–H and O–H groups in total. The van der Waals surface area contributed by atoms with Gasteiger partial charge in [-0.1, -0.05) is 12.1 Å². The van der Waals surface area contributed by atoms with E-state index < -0.39 is 12.0 Å². The summed E-state index contributed by atoms with van der Waals surface area (Å²) in [5, 5.41) is 11.8. The standard InChI is InChI=1S/C12H16FNO3/c1-8(9-4-3-5-10(13)6-9)14-11(7-17-2)12(15)16/h3-6,8,11,14H,7H2,1-2H3,(H,15,16). The second kappa shape index (κ2) is 6.32. The van der Waals surface area contributed by atoms with Crippen molar-refractivity contribution < 1.29 is 19.0 Å². The molecule has 1 aromatic rings. The quantitative estimate of drug-likeness (QED) is 0.793. The van der Waals surface area contributed by atoms with Crippen LogP contribution in [-0.2, 0) is 9.53 Å². The molecule has 0 aromatic heterocycles. The number of carbonyl (C=O) groups is 1. The Kier molecular flexibility index (Phi) is 5.06. The molecule has 0 saturated carbocycles. The number of hydrogen-bond acceptors (Lipinski definition) is 3. The lowest BCUT2D eigenvalue weighted by Gasteiger charge is -2.19. The van der Waals surface area contributed by atoms with Gasteiger partial charge in [0.05, 0.1) is 6.61 Å². The Bertz CT molecular complexity index is 384. The minimum absolute atomic E-state index is 0.0645. The van der Waals surface area contributed by atoms with Crippen molar-refractivity contribution in [3.63, 3.8) is 0 Å². The molecule has 5 heteroatoms. The first kappa shape index (κ1) is 13.6. The molecule has 4 nitrogen and oxygen atoms in total. The molecule has 1 aromatic carbocycles. The molecule has 0 saturated heterocycles. The SMILES string of the molecule is COCC(NC(C)c1cccc(F)c1)C(=O)O. The van der Waals surface area contributed by atoms with Crippen LogP contribution in [0, 0.1) is 5.82 Å². The zero-order valence-corrected chi connectivity index (χ0v) is 9.81. The predicted molar refractivity (Wildman–Crippen MR) is 61.3 cm³/mol. The van der Waals surface area contributed by atoms with Crippen molar-refractivity contribution in [3.05, 3.63) is 35.6 Å². The molecular formula is C12H16FNO3.